The predicted octanol–water partition coefficient (Wildman–Crippen LogP) is 1.46. The summed E-state index contributed by atoms with van der Waals surface area (Å²) in [6, 6.07) is 4.05. The maximum Gasteiger partial charge on any atom is 0.131 e. The number of hydrogen-bond acceptors (Lipinski definition) is 1. The lowest BCUT2D eigenvalue weighted by molar-refractivity contribution is -0.874. The fraction of sp³-hybridized carbons (Fsp3) is 0.556. The Hall–Kier alpha value is -0.300. The van der Waals surface area contributed by atoms with E-state index < -0.39 is 0 Å². The minimum Gasteiger partial charge on any atom is -0.382 e. The van der Waals surface area contributed by atoms with E-state index in [0.29, 0.717) is 8.19 Å². The first-order chi connectivity index (χ1) is 5.49. The average molecular weight is 186 g/mol. The van der Waals surface area contributed by atoms with Crippen molar-refractivity contribution in [1.82, 2.24) is 0 Å². The summed E-state index contributed by atoms with van der Waals surface area (Å²) in [6.45, 7) is 0.792. The van der Waals surface area contributed by atoms with Crippen LogP contribution in [0.2, 0.25) is 0 Å². The number of quaternary nitrogens is 1. The van der Waals surface area contributed by atoms with E-state index in [0.717, 1.165) is 11.0 Å². The Bertz CT molecular complexity index is 225. The maximum atomic E-state index is 9.77. The van der Waals surface area contributed by atoms with Crippen molar-refractivity contribution in [2.24, 2.45) is 0 Å². The van der Waals surface area contributed by atoms with Crippen LogP contribution in [-0.2, 0) is 0 Å². The van der Waals surface area contributed by atoms with Gasteiger partial charge in [0.15, 0.2) is 0 Å². The van der Waals surface area contributed by atoms with Gasteiger partial charge in [-0.3, -0.25) is 0 Å². The van der Waals surface area contributed by atoms with Crippen LogP contribution in [0.3, 0.4) is 0 Å². The molecule has 2 atom stereocenters. The molecule has 2 nitrogen and oxygen atoms in total. The van der Waals surface area contributed by atoms with Gasteiger partial charge in [0.05, 0.1) is 21.1 Å². The Kier molecular flexibility index (Phi) is 2.94. The van der Waals surface area contributed by atoms with Crippen molar-refractivity contribution in [2.45, 2.75) is 6.10 Å². The second-order valence-electron chi connectivity index (χ2n) is 4.11. The number of likely N-dealkylation sites (N-methyl/N-ethyl adjacent to an activating group) is 1. The van der Waals surface area contributed by atoms with E-state index in [1.165, 1.54) is 5.30 Å². The molecule has 0 aromatic carbocycles. The lowest BCUT2D eigenvalue weighted by atomic mass is 10.2. The topological polar surface area (TPSA) is 20.2 Å². The number of aliphatic hydroxyl groups is 1. The summed E-state index contributed by atoms with van der Waals surface area (Å²) >= 11 is 0. The molecule has 1 N–H and O–H groups in total. The minimum atomic E-state index is -0.265. The number of hydrogen-bond donors (Lipinski definition) is 1. The molecule has 2 unspecified atom stereocenters. The fourth-order valence-electron chi connectivity index (χ4n) is 1.17. The minimum absolute atomic E-state index is 0.265. The molecule has 1 rings (SSSR count). The zero-order valence-corrected chi connectivity index (χ0v) is 8.91. The van der Waals surface area contributed by atoms with Gasteiger partial charge in [0, 0.05) is 5.30 Å². The van der Waals surface area contributed by atoms with E-state index >= 15 is 0 Å². The third-order valence-corrected chi connectivity index (χ3v) is 2.89. The highest BCUT2D eigenvalue weighted by Gasteiger charge is 2.16. The predicted molar refractivity (Wildman–Crippen MR) is 53.8 cm³/mol. The smallest absolute Gasteiger partial charge is 0.131 e. The van der Waals surface area contributed by atoms with E-state index in [-0.39, 0.29) is 6.10 Å². The van der Waals surface area contributed by atoms with Crippen molar-refractivity contribution in [1.29, 1.82) is 0 Å². The summed E-state index contributed by atoms with van der Waals surface area (Å²) in [4.78, 5) is 0. The van der Waals surface area contributed by atoms with Gasteiger partial charge < -0.3 is 9.59 Å². The van der Waals surface area contributed by atoms with Crippen LogP contribution < -0.4 is 0 Å². The molecule has 0 aliphatic carbocycles. The van der Waals surface area contributed by atoms with E-state index in [4.69, 9.17) is 0 Å². The summed E-state index contributed by atoms with van der Waals surface area (Å²) in [5, 5.41) is 10.9. The quantitative estimate of drug-likeness (QED) is 0.708. The molecular formula is C9H17NOP+. The highest BCUT2D eigenvalue weighted by atomic mass is 31.0. The van der Waals surface area contributed by atoms with Crippen molar-refractivity contribution in [2.75, 3.05) is 27.7 Å². The molecule has 1 heterocycles. The van der Waals surface area contributed by atoms with Crippen molar-refractivity contribution in [3.63, 3.8) is 0 Å². The van der Waals surface area contributed by atoms with Gasteiger partial charge in [-0.2, -0.15) is 0 Å². The van der Waals surface area contributed by atoms with E-state index in [1.54, 1.807) is 0 Å². The fourth-order valence-corrected chi connectivity index (χ4v) is 2.03. The van der Waals surface area contributed by atoms with Crippen LogP contribution in [0.5, 0.6) is 0 Å². The van der Waals surface area contributed by atoms with Gasteiger partial charge in [-0.05, 0) is 5.80 Å². The molecule has 0 amide bonds. The lowest BCUT2D eigenvalue weighted by Crippen LogP contribution is -2.38. The van der Waals surface area contributed by atoms with Crippen LogP contribution in [0, 0.1) is 0 Å². The first kappa shape index (κ1) is 9.79. The largest absolute Gasteiger partial charge is 0.382 e. The second-order valence-corrected chi connectivity index (χ2v) is 5.31. The SMILES string of the molecule is C[N+](C)(C)CC(O)c1ccc[pH]1. The van der Waals surface area contributed by atoms with Gasteiger partial charge in [-0.1, -0.05) is 12.1 Å². The van der Waals surface area contributed by atoms with Gasteiger partial charge in [0.2, 0.25) is 0 Å². The summed E-state index contributed by atoms with van der Waals surface area (Å²) in [7, 11) is 6.96. The Balaban J connectivity index is 2.56. The van der Waals surface area contributed by atoms with E-state index in [1.807, 2.05) is 12.1 Å². The molecule has 0 bridgehead atoms. The summed E-state index contributed by atoms with van der Waals surface area (Å²) < 4.78 is 0.809. The monoisotopic (exact) mass is 186 g/mol. The summed E-state index contributed by atoms with van der Waals surface area (Å²) in [6.07, 6.45) is -0.265. The van der Waals surface area contributed by atoms with Crippen molar-refractivity contribution in [3.05, 3.63) is 23.2 Å². The molecule has 68 valence electrons. The standard InChI is InChI=1S/C9H17NOP/c1-10(2,3)7-8(11)9-5-4-6-12-9/h4-6,8,11-12H,7H2,1-3H3/q+1. The number of nitrogens with zero attached hydrogens (tertiary/aromatic N) is 1. The first-order valence-electron chi connectivity index (χ1n) is 4.11. The first-order valence-corrected chi connectivity index (χ1v) is 5.18. The van der Waals surface area contributed by atoms with Crippen molar-refractivity contribution >= 4 is 8.19 Å². The van der Waals surface area contributed by atoms with Gasteiger partial charge >= 0.3 is 0 Å². The van der Waals surface area contributed by atoms with Crippen LogP contribution in [0.15, 0.2) is 17.9 Å². The highest BCUT2D eigenvalue weighted by molar-refractivity contribution is 7.30. The molecule has 0 radical (unpaired) electrons. The number of rotatable bonds is 3. The zero-order chi connectivity index (χ0) is 9.19. The summed E-state index contributed by atoms with van der Waals surface area (Å²) in [5.74, 6) is 2.11. The molecule has 3 heteroatoms. The molecule has 12 heavy (non-hydrogen) atoms. The normalized spacial score (nSPS) is 15.3. The van der Waals surface area contributed by atoms with Crippen LogP contribution >= 0.6 is 8.19 Å². The lowest BCUT2D eigenvalue weighted by Gasteiger charge is -2.26. The number of aliphatic hydroxyl groups excluding tert-OH is 1. The molecule has 0 aliphatic rings. The van der Waals surface area contributed by atoms with E-state index in [2.05, 4.69) is 26.9 Å². The molecule has 0 fully saturated rings. The van der Waals surface area contributed by atoms with Gasteiger partial charge in [0.25, 0.3) is 0 Å². The Morgan fingerprint density at radius 1 is 1.50 bits per heavy atom. The third-order valence-electron chi connectivity index (χ3n) is 1.70. The van der Waals surface area contributed by atoms with Crippen LogP contribution in [0.1, 0.15) is 11.4 Å². The molecule has 0 saturated carbocycles. The van der Waals surface area contributed by atoms with Crippen molar-refractivity contribution in [3.8, 4) is 0 Å². The molecule has 1 aromatic heterocycles. The van der Waals surface area contributed by atoms with Gasteiger partial charge in [-0.15, -0.1) is 8.19 Å². The Morgan fingerprint density at radius 3 is 2.58 bits per heavy atom. The van der Waals surface area contributed by atoms with Crippen molar-refractivity contribution < 1.29 is 9.59 Å². The van der Waals surface area contributed by atoms with Crippen LogP contribution in [0.25, 0.3) is 0 Å². The maximum absolute atomic E-state index is 9.77. The van der Waals surface area contributed by atoms with Crippen LogP contribution in [0.4, 0.5) is 0 Å². The molecular weight excluding hydrogens is 169 g/mol. The third kappa shape index (κ3) is 2.98. The second kappa shape index (κ2) is 3.61. The van der Waals surface area contributed by atoms with E-state index in [9.17, 15) is 5.11 Å². The average Bonchev–Trinajstić information content (AvgIpc) is 2.32. The van der Waals surface area contributed by atoms with Gasteiger partial charge in [0.1, 0.15) is 12.6 Å². The Morgan fingerprint density at radius 2 is 2.17 bits per heavy atom. The molecule has 1 aromatic rings. The zero-order valence-electron chi connectivity index (χ0n) is 7.91. The highest BCUT2D eigenvalue weighted by Crippen LogP contribution is 2.24. The molecule has 0 saturated heterocycles. The Labute approximate surface area is 75.5 Å². The molecule has 0 spiro atoms. The van der Waals surface area contributed by atoms with Crippen LogP contribution in [-0.4, -0.2) is 37.3 Å². The summed E-state index contributed by atoms with van der Waals surface area (Å²) in [5.41, 5.74) is 0. The molecule has 0 aliphatic heterocycles. The van der Waals surface area contributed by atoms with Gasteiger partial charge in [-0.25, -0.2) is 0 Å².